The van der Waals surface area contributed by atoms with Gasteiger partial charge in [-0.3, -0.25) is 9.59 Å². The molecule has 1 fully saturated rings. The van der Waals surface area contributed by atoms with Crippen LogP contribution in [0.4, 0.5) is 5.13 Å². The van der Waals surface area contributed by atoms with Crippen molar-refractivity contribution in [3.8, 4) is 0 Å². The van der Waals surface area contributed by atoms with Crippen LogP contribution in [0.2, 0.25) is 0 Å². The summed E-state index contributed by atoms with van der Waals surface area (Å²) in [5.41, 5.74) is 0.405. The van der Waals surface area contributed by atoms with Crippen molar-refractivity contribution in [2.24, 2.45) is 0 Å². The molecule has 1 atom stereocenters. The molecule has 1 aliphatic rings. The van der Waals surface area contributed by atoms with Crippen molar-refractivity contribution >= 4 is 28.2 Å². The van der Waals surface area contributed by atoms with Crippen LogP contribution in [-0.2, 0) is 4.79 Å². The van der Waals surface area contributed by atoms with Gasteiger partial charge in [0.25, 0.3) is 0 Å². The van der Waals surface area contributed by atoms with Crippen LogP contribution < -0.4 is 10.6 Å². The monoisotopic (exact) mass is 253 g/mol. The Morgan fingerprint density at radius 1 is 1.53 bits per heavy atom. The third-order valence-electron chi connectivity index (χ3n) is 2.72. The van der Waals surface area contributed by atoms with Crippen LogP contribution in [0.25, 0.3) is 0 Å². The van der Waals surface area contributed by atoms with Crippen LogP contribution in [0.5, 0.6) is 0 Å². The highest BCUT2D eigenvalue weighted by Crippen LogP contribution is 2.17. The first-order valence-corrected chi connectivity index (χ1v) is 6.55. The Morgan fingerprint density at radius 2 is 2.35 bits per heavy atom. The van der Waals surface area contributed by atoms with E-state index in [1.807, 2.05) is 0 Å². The number of amides is 1. The number of rotatable bonds is 3. The second-order valence-corrected chi connectivity index (χ2v) is 4.94. The van der Waals surface area contributed by atoms with Gasteiger partial charge in [-0.1, -0.05) is 6.42 Å². The quantitative estimate of drug-likeness (QED) is 0.799. The van der Waals surface area contributed by atoms with E-state index >= 15 is 0 Å². The molecule has 0 spiro atoms. The lowest BCUT2D eigenvalue weighted by Gasteiger charge is -2.21. The lowest BCUT2D eigenvalue weighted by atomic mass is 10.0. The lowest BCUT2D eigenvalue weighted by molar-refractivity contribution is -0.118. The van der Waals surface area contributed by atoms with Crippen LogP contribution in [0.1, 0.15) is 36.7 Å². The van der Waals surface area contributed by atoms with Crippen molar-refractivity contribution in [3.63, 3.8) is 0 Å². The Labute approximate surface area is 104 Å². The van der Waals surface area contributed by atoms with Gasteiger partial charge in [0.05, 0.1) is 6.04 Å². The Bertz CT molecular complexity index is 424. The van der Waals surface area contributed by atoms with Crippen molar-refractivity contribution in [3.05, 3.63) is 11.1 Å². The molecule has 92 valence electrons. The Kier molecular flexibility index (Phi) is 3.86. The van der Waals surface area contributed by atoms with Crippen LogP contribution >= 0.6 is 11.3 Å². The van der Waals surface area contributed by atoms with E-state index in [2.05, 4.69) is 15.6 Å². The van der Waals surface area contributed by atoms with Crippen molar-refractivity contribution < 1.29 is 9.59 Å². The Morgan fingerprint density at radius 3 is 2.94 bits per heavy atom. The summed E-state index contributed by atoms with van der Waals surface area (Å²) in [6.45, 7) is 2.35. The standard InChI is InChI=1S/C11H15N3O2S/c1-7(15)9-6-17-11(13-9)14-10(16)8-4-2-3-5-12-8/h6,8,12H,2-5H2,1H3,(H,13,14,16)/t8-/m1/s1. The molecule has 1 aromatic rings. The number of hydrogen-bond acceptors (Lipinski definition) is 5. The van der Waals surface area contributed by atoms with E-state index in [9.17, 15) is 9.59 Å². The normalized spacial score (nSPS) is 19.9. The fraction of sp³-hybridized carbons (Fsp3) is 0.545. The van der Waals surface area contributed by atoms with Gasteiger partial charge in [-0.25, -0.2) is 4.98 Å². The summed E-state index contributed by atoms with van der Waals surface area (Å²) in [5.74, 6) is -0.147. The summed E-state index contributed by atoms with van der Waals surface area (Å²) in [7, 11) is 0. The molecular weight excluding hydrogens is 238 g/mol. The van der Waals surface area contributed by atoms with E-state index in [1.54, 1.807) is 5.38 Å². The summed E-state index contributed by atoms with van der Waals surface area (Å²) >= 11 is 1.28. The van der Waals surface area contributed by atoms with Crippen LogP contribution in [0.3, 0.4) is 0 Å². The van der Waals surface area contributed by atoms with E-state index in [1.165, 1.54) is 18.3 Å². The zero-order valence-electron chi connectivity index (χ0n) is 9.66. The number of ketones is 1. The van der Waals surface area contributed by atoms with Crippen LogP contribution in [-0.4, -0.2) is 29.3 Å². The predicted molar refractivity (Wildman–Crippen MR) is 66.4 cm³/mol. The molecule has 1 amide bonds. The Hall–Kier alpha value is -1.27. The maximum atomic E-state index is 11.9. The molecule has 1 aromatic heterocycles. The number of carbonyl (C=O) groups is 2. The third kappa shape index (κ3) is 3.10. The van der Waals surface area contributed by atoms with Gasteiger partial charge >= 0.3 is 0 Å². The van der Waals surface area contributed by atoms with E-state index in [4.69, 9.17) is 0 Å². The zero-order chi connectivity index (χ0) is 12.3. The first kappa shape index (κ1) is 12.2. The van der Waals surface area contributed by atoms with Gasteiger partial charge < -0.3 is 10.6 Å². The molecule has 2 rings (SSSR count). The third-order valence-corrected chi connectivity index (χ3v) is 3.48. The number of carbonyl (C=O) groups excluding carboxylic acids is 2. The summed E-state index contributed by atoms with van der Waals surface area (Å²) in [6.07, 6.45) is 3.05. The minimum atomic E-state index is -0.131. The molecule has 17 heavy (non-hydrogen) atoms. The highest BCUT2D eigenvalue weighted by atomic mass is 32.1. The molecule has 0 aromatic carbocycles. The summed E-state index contributed by atoms with van der Waals surface area (Å²) in [4.78, 5) is 27.0. The second kappa shape index (κ2) is 5.37. The lowest BCUT2D eigenvalue weighted by Crippen LogP contribution is -2.43. The molecule has 2 heterocycles. The van der Waals surface area contributed by atoms with Gasteiger partial charge in [0.1, 0.15) is 5.69 Å². The van der Waals surface area contributed by atoms with E-state index in [-0.39, 0.29) is 17.7 Å². The maximum Gasteiger partial charge on any atom is 0.243 e. The van der Waals surface area contributed by atoms with Gasteiger partial charge in [-0.2, -0.15) is 0 Å². The highest BCUT2D eigenvalue weighted by Gasteiger charge is 2.21. The van der Waals surface area contributed by atoms with Gasteiger partial charge in [0.2, 0.25) is 5.91 Å². The first-order valence-electron chi connectivity index (χ1n) is 5.67. The number of Topliss-reactive ketones (excluding diaryl/α,β-unsaturated/α-hetero) is 1. The minimum Gasteiger partial charge on any atom is -0.306 e. The zero-order valence-corrected chi connectivity index (χ0v) is 10.5. The van der Waals surface area contributed by atoms with E-state index in [0.29, 0.717) is 10.8 Å². The largest absolute Gasteiger partial charge is 0.306 e. The molecule has 2 N–H and O–H groups in total. The number of piperidine rings is 1. The van der Waals surface area contributed by atoms with Crippen molar-refractivity contribution in [1.82, 2.24) is 10.3 Å². The van der Waals surface area contributed by atoms with Crippen molar-refractivity contribution in [1.29, 1.82) is 0 Å². The van der Waals surface area contributed by atoms with Crippen molar-refractivity contribution in [2.75, 3.05) is 11.9 Å². The van der Waals surface area contributed by atoms with Crippen molar-refractivity contribution in [2.45, 2.75) is 32.2 Å². The second-order valence-electron chi connectivity index (χ2n) is 4.09. The summed E-state index contributed by atoms with van der Waals surface area (Å²) in [6, 6.07) is -0.131. The average molecular weight is 253 g/mol. The SMILES string of the molecule is CC(=O)c1csc(NC(=O)[C@H]2CCCCN2)n1. The number of nitrogens with zero attached hydrogens (tertiary/aromatic N) is 1. The minimum absolute atomic E-state index is 0.0610. The van der Waals surface area contributed by atoms with Crippen LogP contribution in [0.15, 0.2) is 5.38 Å². The topological polar surface area (TPSA) is 71.1 Å². The molecule has 0 saturated carbocycles. The first-order chi connectivity index (χ1) is 8.16. The fourth-order valence-electron chi connectivity index (χ4n) is 1.76. The number of hydrogen-bond donors (Lipinski definition) is 2. The fourth-order valence-corrected chi connectivity index (χ4v) is 2.51. The van der Waals surface area contributed by atoms with Gasteiger partial charge in [0.15, 0.2) is 10.9 Å². The smallest absolute Gasteiger partial charge is 0.243 e. The molecular formula is C11H15N3O2S. The number of aromatic nitrogens is 1. The summed E-state index contributed by atoms with van der Waals surface area (Å²) < 4.78 is 0. The molecule has 0 unspecified atom stereocenters. The van der Waals surface area contributed by atoms with Crippen LogP contribution in [0, 0.1) is 0 Å². The van der Waals surface area contributed by atoms with Gasteiger partial charge in [-0.05, 0) is 19.4 Å². The van der Waals surface area contributed by atoms with Gasteiger partial charge in [0, 0.05) is 12.3 Å². The predicted octanol–water partition coefficient (Wildman–Crippen LogP) is 1.43. The van der Waals surface area contributed by atoms with E-state index in [0.717, 1.165) is 25.8 Å². The molecule has 1 aliphatic heterocycles. The molecule has 0 radical (unpaired) electrons. The molecule has 6 heteroatoms. The summed E-state index contributed by atoms with van der Waals surface area (Å²) in [5, 5.41) is 8.06. The van der Waals surface area contributed by atoms with Gasteiger partial charge in [-0.15, -0.1) is 11.3 Å². The number of anilines is 1. The molecule has 0 aliphatic carbocycles. The molecule has 0 bridgehead atoms. The molecule has 5 nitrogen and oxygen atoms in total. The maximum absolute atomic E-state index is 11.9. The average Bonchev–Trinajstić information content (AvgIpc) is 2.79. The number of nitrogens with one attached hydrogen (secondary N) is 2. The van der Waals surface area contributed by atoms with E-state index < -0.39 is 0 Å². The highest BCUT2D eigenvalue weighted by molar-refractivity contribution is 7.14. The Balaban J connectivity index is 1.94. The number of thiazole rings is 1. The molecule has 1 saturated heterocycles.